The monoisotopic (exact) mass is 235 g/mol. The molecule has 1 fully saturated rings. The van der Waals surface area contributed by atoms with Crippen LogP contribution < -0.4 is 5.32 Å². The largest absolute Gasteiger partial charge is 0.376 e. The molecule has 3 nitrogen and oxygen atoms in total. The fraction of sp³-hybridized carbons (Fsp3) is 0.571. The van der Waals surface area contributed by atoms with Crippen LogP contribution in [0, 0.1) is 13.8 Å². The van der Waals surface area contributed by atoms with Crippen molar-refractivity contribution in [2.75, 3.05) is 26.4 Å². The highest BCUT2D eigenvalue weighted by Gasteiger charge is 2.13. The third-order valence-electron chi connectivity index (χ3n) is 3.08. The summed E-state index contributed by atoms with van der Waals surface area (Å²) in [5, 5.41) is 3.43. The van der Waals surface area contributed by atoms with Gasteiger partial charge in [-0.05, 0) is 25.0 Å². The summed E-state index contributed by atoms with van der Waals surface area (Å²) >= 11 is 0. The molecule has 0 radical (unpaired) electrons. The van der Waals surface area contributed by atoms with Crippen LogP contribution in [0.3, 0.4) is 0 Å². The number of rotatable bonds is 4. The Balaban J connectivity index is 1.79. The van der Waals surface area contributed by atoms with Gasteiger partial charge in [0.1, 0.15) is 0 Å². The number of benzene rings is 1. The molecule has 2 rings (SSSR count). The molecule has 17 heavy (non-hydrogen) atoms. The molecule has 1 aromatic rings. The van der Waals surface area contributed by atoms with Crippen LogP contribution in [0.15, 0.2) is 18.2 Å². The zero-order chi connectivity index (χ0) is 12.1. The summed E-state index contributed by atoms with van der Waals surface area (Å²) in [5.41, 5.74) is 4.01. The molecule has 0 bridgehead atoms. The van der Waals surface area contributed by atoms with E-state index in [1.807, 2.05) is 0 Å². The molecule has 0 aliphatic carbocycles. The van der Waals surface area contributed by atoms with Crippen molar-refractivity contribution in [1.82, 2.24) is 5.32 Å². The summed E-state index contributed by atoms with van der Waals surface area (Å²) in [6.45, 7) is 8.18. The maximum Gasteiger partial charge on any atom is 0.0933 e. The van der Waals surface area contributed by atoms with Crippen molar-refractivity contribution >= 4 is 0 Å². The van der Waals surface area contributed by atoms with Gasteiger partial charge < -0.3 is 14.8 Å². The van der Waals surface area contributed by atoms with Crippen LogP contribution in [0.4, 0.5) is 0 Å². The summed E-state index contributed by atoms with van der Waals surface area (Å²) in [7, 11) is 0. The van der Waals surface area contributed by atoms with E-state index in [0.717, 1.165) is 26.3 Å². The van der Waals surface area contributed by atoms with E-state index in [-0.39, 0.29) is 6.10 Å². The van der Waals surface area contributed by atoms with E-state index in [0.29, 0.717) is 6.61 Å². The maximum absolute atomic E-state index is 5.58. The quantitative estimate of drug-likeness (QED) is 0.863. The average Bonchev–Trinajstić information content (AvgIpc) is 2.35. The lowest BCUT2D eigenvalue weighted by molar-refractivity contribution is -0.0864. The minimum absolute atomic E-state index is 0.203. The van der Waals surface area contributed by atoms with Gasteiger partial charge in [0.05, 0.1) is 25.9 Å². The van der Waals surface area contributed by atoms with Crippen LogP contribution in [-0.2, 0) is 16.0 Å². The first-order chi connectivity index (χ1) is 8.25. The molecular weight excluding hydrogens is 214 g/mol. The van der Waals surface area contributed by atoms with Crippen LogP contribution in [0.25, 0.3) is 0 Å². The van der Waals surface area contributed by atoms with E-state index in [1.54, 1.807) is 0 Å². The predicted molar refractivity (Wildman–Crippen MR) is 68.2 cm³/mol. The van der Waals surface area contributed by atoms with Crippen molar-refractivity contribution < 1.29 is 9.47 Å². The smallest absolute Gasteiger partial charge is 0.0933 e. The Labute approximate surface area is 103 Å². The molecule has 1 heterocycles. The van der Waals surface area contributed by atoms with Gasteiger partial charge in [-0.3, -0.25) is 0 Å². The molecule has 0 spiro atoms. The summed E-state index contributed by atoms with van der Waals surface area (Å²) in [6.07, 6.45) is 0.203. The molecule has 1 aromatic carbocycles. The Kier molecular flexibility index (Phi) is 4.54. The minimum atomic E-state index is 0.203. The van der Waals surface area contributed by atoms with E-state index in [2.05, 4.69) is 37.4 Å². The fourth-order valence-electron chi connectivity index (χ4n) is 2.01. The van der Waals surface area contributed by atoms with Crippen LogP contribution in [0.5, 0.6) is 0 Å². The highest BCUT2D eigenvalue weighted by atomic mass is 16.6. The van der Waals surface area contributed by atoms with Gasteiger partial charge in [0, 0.05) is 13.1 Å². The number of hydrogen-bond donors (Lipinski definition) is 1. The van der Waals surface area contributed by atoms with Crippen LogP contribution in [-0.4, -0.2) is 32.5 Å². The first kappa shape index (κ1) is 12.6. The predicted octanol–water partition coefficient (Wildman–Crippen LogP) is 1.81. The third-order valence-corrected chi connectivity index (χ3v) is 3.08. The van der Waals surface area contributed by atoms with E-state index >= 15 is 0 Å². The van der Waals surface area contributed by atoms with E-state index in [1.165, 1.54) is 16.7 Å². The van der Waals surface area contributed by atoms with Gasteiger partial charge in [-0.15, -0.1) is 0 Å². The first-order valence-electron chi connectivity index (χ1n) is 6.22. The standard InChI is InChI=1S/C14H21NO2/c1-11-3-4-12(2)13(7-11)8-15-9-14-10-16-5-6-17-14/h3-4,7,14-15H,5-6,8-10H2,1-2H3. The van der Waals surface area contributed by atoms with Crippen LogP contribution in [0.1, 0.15) is 16.7 Å². The zero-order valence-corrected chi connectivity index (χ0v) is 10.7. The lowest BCUT2D eigenvalue weighted by Crippen LogP contribution is -2.37. The van der Waals surface area contributed by atoms with Crippen LogP contribution >= 0.6 is 0 Å². The van der Waals surface area contributed by atoms with Crippen molar-refractivity contribution in [2.24, 2.45) is 0 Å². The normalized spacial score (nSPS) is 20.5. The van der Waals surface area contributed by atoms with Crippen molar-refractivity contribution in [3.63, 3.8) is 0 Å². The fourth-order valence-corrected chi connectivity index (χ4v) is 2.01. The maximum atomic E-state index is 5.58. The number of nitrogens with one attached hydrogen (secondary N) is 1. The number of ether oxygens (including phenoxy) is 2. The SMILES string of the molecule is Cc1ccc(C)c(CNCC2COCCO2)c1. The molecule has 0 aromatic heterocycles. The molecule has 1 unspecified atom stereocenters. The second-order valence-corrected chi connectivity index (χ2v) is 4.63. The second-order valence-electron chi connectivity index (χ2n) is 4.63. The Hall–Kier alpha value is -0.900. The van der Waals surface area contributed by atoms with Gasteiger partial charge >= 0.3 is 0 Å². The number of hydrogen-bond acceptors (Lipinski definition) is 3. The summed E-state index contributed by atoms with van der Waals surface area (Å²) < 4.78 is 10.9. The van der Waals surface area contributed by atoms with E-state index in [9.17, 15) is 0 Å². The molecule has 1 aliphatic heterocycles. The Morgan fingerprint density at radius 3 is 2.94 bits per heavy atom. The van der Waals surface area contributed by atoms with Crippen molar-refractivity contribution in [2.45, 2.75) is 26.5 Å². The minimum Gasteiger partial charge on any atom is -0.376 e. The van der Waals surface area contributed by atoms with Gasteiger partial charge in [-0.25, -0.2) is 0 Å². The molecule has 94 valence electrons. The van der Waals surface area contributed by atoms with Gasteiger partial charge in [0.15, 0.2) is 0 Å². The average molecular weight is 235 g/mol. The number of aryl methyl sites for hydroxylation is 2. The van der Waals surface area contributed by atoms with Gasteiger partial charge in [-0.2, -0.15) is 0 Å². The van der Waals surface area contributed by atoms with Crippen molar-refractivity contribution in [3.8, 4) is 0 Å². The first-order valence-corrected chi connectivity index (χ1v) is 6.22. The van der Waals surface area contributed by atoms with Gasteiger partial charge in [-0.1, -0.05) is 23.8 Å². The summed E-state index contributed by atoms with van der Waals surface area (Å²) in [4.78, 5) is 0. The summed E-state index contributed by atoms with van der Waals surface area (Å²) in [6, 6.07) is 6.56. The lowest BCUT2D eigenvalue weighted by atomic mass is 10.1. The molecule has 1 N–H and O–H groups in total. The zero-order valence-electron chi connectivity index (χ0n) is 10.7. The van der Waals surface area contributed by atoms with Crippen molar-refractivity contribution in [1.29, 1.82) is 0 Å². The Bertz CT molecular complexity index is 359. The molecule has 3 heteroatoms. The van der Waals surface area contributed by atoms with Gasteiger partial charge in [0.2, 0.25) is 0 Å². The molecule has 1 atom stereocenters. The summed E-state index contributed by atoms with van der Waals surface area (Å²) in [5.74, 6) is 0. The van der Waals surface area contributed by atoms with Gasteiger partial charge in [0.25, 0.3) is 0 Å². The molecule has 0 saturated carbocycles. The van der Waals surface area contributed by atoms with E-state index < -0.39 is 0 Å². The molecule has 1 saturated heterocycles. The van der Waals surface area contributed by atoms with E-state index in [4.69, 9.17) is 9.47 Å². The highest BCUT2D eigenvalue weighted by molar-refractivity contribution is 5.30. The Morgan fingerprint density at radius 2 is 2.18 bits per heavy atom. The third kappa shape index (κ3) is 3.80. The van der Waals surface area contributed by atoms with Crippen molar-refractivity contribution in [3.05, 3.63) is 34.9 Å². The lowest BCUT2D eigenvalue weighted by Gasteiger charge is -2.23. The molecule has 1 aliphatic rings. The Morgan fingerprint density at radius 1 is 1.29 bits per heavy atom. The topological polar surface area (TPSA) is 30.5 Å². The highest BCUT2D eigenvalue weighted by Crippen LogP contribution is 2.10. The molecule has 0 amide bonds. The second kappa shape index (κ2) is 6.15. The molecular formula is C14H21NO2. The van der Waals surface area contributed by atoms with Crippen LogP contribution in [0.2, 0.25) is 0 Å².